The summed E-state index contributed by atoms with van der Waals surface area (Å²) in [5.41, 5.74) is 7.03. The molecule has 3 aromatic rings. The van der Waals surface area contributed by atoms with Crippen LogP contribution in [0.15, 0.2) is 71.6 Å². The molecule has 0 aliphatic heterocycles. The summed E-state index contributed by atoms with van der Waals surface area (Å²) in [5, 5.41) is 15.2. The van der Waals surface area contributed by atoms with Gasteiger partial charge in [0.25, 0.3) is 0 Å². The van der Waals surface area contributed by atoms with Gasteiger partial charge in [-0.05, 0) is 73.9 Å². The van der Waals surface area contributed by atoms with Gasteiger partial charge in [0.15, 0.2) is 16.7 Å². The van der Waals surface area contributed by atoms with E-state index in [2.05, 4.69) is 10.6 Å². The number of thiol groups is 1. The van der Waals surface area contributed by atoms with Crippen LogP contribution in [0.3, 0.4) is 0 Å². The van der Waals surface area contributed by atoms with Crippen LogP contribution in [-0.4, -0.2) is 61.7 Å². The van der Waals surface area contributed by atoms with Crippen molar-refractivity contribution >= 4 is 46.1 Å². The average Bonchev–Trinajstić information content (AvgIpc) is 2.95. The molecular formula is C31H36N4O9S. The summed E-state index contributed by atoms with van der Waals surface area (Å²) >= 11 is 0. The van der Waals surface area contributed by atoms with E-state index >= 15 is 0 Å². The number of nitrogens with one attached hydrogen (secondary N) is 2. The number of anilines is 2. The number of amides is 3. The molecule has 240 valence electrons. The first-order valence-corrected chi connectivity index (χ1v) is 14.9. The first-order valence-electron chi connectivity index (χ1n) is 13.8. The molecule has 13 nitrogen and oxygen atoms in total. The second-order valence-corrected chi connectivity index (χ2v) is 12.0. The molecule has 0 radical (unpaired) electrons. The van der Waals surface area contributed by atoms with Gasteiger partial charge in [-0.3, -0.25) is 10.1 Å². The molecule has 0 bridgehead atoms. The molecule has 5 N–H and O–H groups in total. The fraction of sp³-hybridized carbons (Fsp3) is 0.290. The van der Waals surface area contributed by atoms with Crippen molar-refractivity contribution in [1.29, 1.82) is 0 Å². The lowest BCUT2D eigenvalue weighted by Crippen LogP contribution is -2.34. The van der Waals surface area contributed by atoms with Crippen molar-refractivity contribution in [2.24, 2.45) is 5.73 Å². The van der Waals surface area contributed by atoms with E-state index in [9.17, 15) is 32.7 Å². The minimum absolute atomic E-state index is 0.00212. The van der Waals surface area contributed by atoms with Crippen LogP contribution in [0, 0.1) is 0 Å². The van der Waals surface area contributed by atoms with Crippen molar-refractivity contribution < 1.29 is 42.2 Å². The van der Waals surface area contributed by atoms with E-state index in [0.29, 0.717) is 17.7 Å². The van der Waals surface area contributed by atoms with Gasteiger partial charge in [0.2, 0.25) is 5.91 Å². The first-order chi connectivity index (χ1) is 21.1. The lowest BCUT2D eigenvalue weighted by atomic mass is 10.0. The number of hydrogen-bond acceptors (Lipinski definition) is 9. The van der Waals surface area contributed by atoms with Gasteiger partial charge in [0.05, 0.1) is 18.0 Å². The summed E-state index contributed by atoms with van der Waals surface area (Å²) in [4.78, 5) is 49.4. The van der Waals surface area contributed by atoms with Crippen LogP contribution < -0.4 is 16.4 Å². The van der Waals surface area contributed by atoms with Crippen LogP contribution in [0.25, 0.3) is 0 Å². The molecular weight excluding hydrogens is 604 g/mol. The molecule has 3 aromatic carbocycles. The van der Waals surface area contributed by atoms with Crippen LogP contribution in [0.4, 0.5) is 21.0 Å². The summed E-state index contributed by atoms with van der Waals surface area (Å²) in [6, 6.07) is 16.0. The Hall–Kier alpha value is -5.11. The second kappa shape index (κ2) is 15.1. The monoisotopic (exact) mass is 640 g/mol. The van der Waals surface area contributed by atoms with Gasteiger partial charge in [-0.2, -0.15) is 0 Å². The minimum atomic E-state index is -2.96. The van der Waals surface area contributed by atoms with Gasteiger partial charge in [0.1, 0.15) is 5.60 Å². The Morgan fingerprint density at radius 1 is 0.978 bits per heavy atom. The van der Waals surface area contributed by atoms with E-state index in [1.807, 2.05) is 0 Å². The van der Waals surface area contributed by atoms with Gasteiger partial charge >= 0.3 is 18.2 Å². The molecule has 3 rings (SSSR count). The molecule has 0 aliphatic carbocycles. The van der Waals surface area contributed by atoms with Crippen LogP contribution in [-0.2, 0) is 37.9 Å². The number of benzene rings is 3. The zero-order valence-corrected chi connectivity index (χ0v) is 26.1. The van der Waals surface area contributed by atoms with Crippen molar-refractivity contribution in [3.8, 4) is 0 Å². The Bertz CT molecular complexity index is 1620. The molecule has 0 aliphatic rings. The summed E-state index contributed by atoms with van der Waals surface area (Å²) in [5.74, 6) is -1.75. The number of aliphatic carboxylic acids is 1. The van der Waals surface area contributed by atoms with Crippen molar-refractivity contribution in [2.45, 2.75) is 50.3 Å². The van der Waals surface area contributed by atoms with E-state index in [-0.39, 0.29) is 34.9 Å². The lowest BCUT2D eigenvalue weighted by molar-refractivity contribution is -0.138. The molecule has 0 aromatic heterocycles. The zero-order valence-electron chi connectivity index (χ0n) is 25.2. The Morgan fingerprint density at radius 3 is 2.27 bits per heavy atom. The van der Waals surface area contributed by atoms with Gasteiger partial charge < -0.3 is 30.5 Å². The van der Waals surface area contributed by atoms with Crippen LogP contribution in [0.2, 0.25) is 0 Å². The van der Waals surface area contributed by atoms with E-state index in [1.165, 1.54) is 42.3 Å². The van der Waals surface area contributed by atoms with Gasteiger partial charge in [-0.1, -0.05) is 30.3 Å². The van der Waals surface area contributed by atoms with Gasteiger partial charge in [-0.25, -0.2) is 22.8 Å². The molecule has 0 saturated heterocycles. The summed E-state index contributed by atoms with van der Waals surface area (Å²) < 4.78 is 34.1. The lowest BCUT2D eigenvalue weighted by Gasteiger charge is -2.25. The number of carbonyl (C=O) groups excluding carboxylic acids is 3. The molecule has 0 saturated carbocycles. The maximum absolute atomic E-state index is 12.4. The number of carboxylic acid groups (broad SMARTS) is 1. The number of nitrogens with zero attached hydrogens (tertiary/aromatic N) is 1. The highest BCUT2D eigenvalue weighted by Gasteiger charge is 2.22. The smallest absolute Gasteiger partial charge is 0.411 e. The third-order valence-corrected chi connectivity index (χ3v) is 7.11. The molecule has 3 amide bonds. The molecule has 45 heavy (non-hydrogen) atoms. The first kappa shape index (κ1) is 34.4. The third kappa shape index (κ3) is 10.5. The highest BCUT2D eigenvalue weighted by atomic mass is 32.2. The largest absolute Gasteiger partial charge is 0.479 e. The SMILES string of the molecule is CN(Cc1cc(NC(=O)OCCc2ccc(C(Nc3cccc(C(N)=O)c3)C(=O)O)cc2)ccc1[SH](=O)=O)C(=O)OC(C)(C)C. The molecule has 1 unspecified atom stereocenters. The van der Waals surface area contributed by atoms with E-state index in [1.54, 1.807) is 57.2 Å². The zero-order chi connectivity index (χ0) is 33.3. The third-order valence-electron chi connectivity index (χ3n) is 6.28. The number of carbonyl (C=O) groups is 4. The number of carboxylic acids is 1. The molecule has 1 atom stereocenters. The summed E-state index contributed by atoms with van der Waals surface area (Å²) in [7, 11) is -1.49. The fourth-order valence-electron chi connectivity index (χ4n) is 4.14. The van der Waals surface area contributed by atoms with Crippen molar-refractivity contribution in [2.75, 3.05) is 24.3 Å². The normalized spacial score (nSPS) is 11.8. The van der Waals surface area contributed by atoms with Crippen LogP contribution in [0.5, 0.6) is 0 Å². The second-order valence-electron chi connectivity index (χ2n) is 11.1. The molecule has 0 spiro atoms. The Morgan fingerprint density at radius 2 is 1.67 bits per heavy atom. The highest BCUT2D eigenvalue weighted by molar-refractivity contribution is 7.72. The number of ether oxygens (including phenoxy) is 2. The predicted molar refractivity (Wildman–Crippen MR) is 167 cm³/mol. The molecule has 0 fully saturated rings. The van der Waals surface area contributed by atoms with E-state index in [4.69, 9.17) is 15.2 Å². The standard InChI is InChI=1S/C31H36N4O9S/c1-31(2,3)44-30(40)35(4)18-22-17-24(12-13-25(22)45(41)42)34-29(39)43-15-14-19-8-10-20(11-9-19)26(28(37)38)33-23-7-5-6-21(16-23)27(32)36/h5-13,16-17,26,33,45H,14-15,18H2,1-4H3,(H2,32,36)(H,34,39)(H,37,38). The van der Waals surface area contributed by atoms with E-state index < -0.39 is 46.4 Å². The van der Waals surface area contributed by atoms with Crippen molar-refractivity contribution in [1.82, 2.24) is 4.90 Å². The summed E-state index contributed by atoms with van der Waals surface area (Å²) in [6.07, 6.45) is -1.07. The van der Waals surface area contributed by atoms with Gasteiger partial charge in [-0.15, -0.1) is 0 Å². The van der Waals surface area contributed by atoms with Gasteiger partial charge in [0, 0.05) is 30.4 Å². The maximum Gasteiger partial charge on any atom is 0.411 e. The van der Waals surface area contributed by atoms with Crippen LogP contribution in [0.1, 0.15) is 53.9 Å². The minimum Gasteiger partial charge on any atom is -0.479 e. The van der Waals surface area contributed by atoms with Crippen molar-refractivity contribution in [3.05, 3.63) is 89.0 Å². The fourth-order valence-corrected chi connectivity index (χ4v) is 4.70. The quantitative estimate of drug-likeness (QED) is 0.180. The molecule has 0 heterocycles. The topological polar surface area (TPSA) is 194 Å². The summed E-state index contributed by atoms with van der Waals surface area (Å²) in [6.45, 7) is 5.07. The predicted octanol–water partition coefficient (Wildman–Crippen LogP) is 4.15. The number of primary amides is 1. The number of hydrogen-bond donors (Lipinski definition) is 5. The molecule has 14 heteroatoms. The number of rotatable bonds is 12. The highest BCUT2D eigenvalue weighted by Crippen LogP contribution is 2.23. The Labute approximate surface area is 262 Å². The average molecular weight is 641 g/mol. The Kier molecular flexibility index (Phi) is 11.5. The Balaban J connectivity index is 1.58. The van der Waals surface area contributed by atoms with Crippen LogP contribution >= 0.6 is 0 Å². The van der Waals surface area contributed by atoms with E-state index in [0.717, 1.165) is 5.56 Å². The maximum atomic E-state index is 12.4. The van der Waals surface area contributed by atoms with Crippen molar-refractivity contribution in [3.63, 3.8) is 0 Å². The number of nitrogens with two attached hydrogens (primary N) is 1.